The number of aromatic nitrogens is 3. The van der Waals surface area contributed by atoms with Gasteiger partial charge in [-0.3, -0.25) is 0 Å². The number of fused-ring (bicyclic) bond motifs is 1. The maximum Gasteiger partial charge on any atom is 0.410 e. The zero-order valence-electron chi connectivity index (χ0n) is 18.4. The van der Waals surface area contributed by atoms with E-state index < -0.39 is 5.60 Å². The molecule has 0 radical (unpaired) electrons. The van der Waals surface area contributed by atoms with E-state index in [1.807, 2.05) is 51.4 Å². The Kier molecular flexibility index (Phi) is 6.07. The Hall–Kier alpha value is -3.12. The molecule has 9 heteroatoms. The van der Waals surface area contributed by atoms with Crippen molar-refractivity contribution in [2.75, 3.05) is 31.1 Å². The molecule has 0 saturated carbocycles. The fraction of sp³-hybridized carbons (Fsp3) is 0.391. The van der Waals surface area contributed by atoms with Gasteiger partial charge in [0.25, 0.3) is 0 Å². The van der Waals surface area contributed by atoms with E-state index in [1.165, 1.54) is 0 Å². The molecule has 0 unspecified atom stereocenters. The molecule has 4 heterocycles. The first kappa shape index (κ1) is 22.1. The second-order valence-corrected chi connectivity index (χ2v) is 9.66. The van der Waals surface area contributed by atoms with Gasteiger partial charge in [0.15, 0.2) is 0 Å². The van der Waals surface area contributed by atoms with E-state index in [9.17, 15) is 10.1 Å². The van der Waals surface area contributed by atoms with Gasteiger partial charge >= 0.3 is 6.09 Å². The van der Waals surface area contributed by atoms with Crippen molar-refractivity contribution in [2.24, 2.45) is 0 Å². The maximum absolute atomic E-state index is 12.4. The molecule has 0 bridgehead atoms. The van der Waals surface area contributed by atoms with Gasteiger partial charge in [-0.2, -0.15) is 10.4 Å². The number of rotatable bonds is 2. The van der Waals surface area contributed by atoms with Gasteiger partial charge in [-0.25, -0.2) is 14.3 Å². The standard InChI is InChI=1S/C23H25BrN6O2/c1-23(2,3)32-22(31)29-8-4-7-28(9-10-29)20-6-5-16(13-26-20)19-11-18(24)15-30-21(19)17(12-25)14-27-30/h5-6,11,13-15H,4,7-10H2,1-3H3. The average Bonchev–Trinajstić information content (AvgIpc) is 2.99. The Balaban J connectivity index is 1.53. The summed E-state index contributed by atoms with van der Waals surface area (Å²) in [5, 5.41) is 13.7. The summed E-state index contributed by atoms with van der Waals surface area (Å²) >= 11 is 3.52. The van der Waals surface area contributed by atoms with Gasteiger partial charge in [0.1, 0.15) is 17.5 Å². The number of halogens is 1. The molecule has 1 aliphatic rings. The summed E-state index contributed by atoms with van der Waals surface area (Å²) in [4.78, 5) is 21.1. The zero-order valence-corrected chi connectivity index (χ0v) is 20.0. The highest BCUT2D eigenvalue weighted by Gasteiger charge is 2.25. The molecule has 0 N–H and O–H groups in total. The minimum Gasteiger partial charge on any atom is -0.444 e. The van der Waals surface area contributed by atoms with E-state index in [0.717, 1.165) is 39.9 Å². The van der Waals surface area contributed by atoms with Crippen molar-refractivity contribution in [3.63, 3.8) is 0 Å². The number of hydrogen-bond acceptors (Lipinski definition) is 6. The second-order valence-electron chi connectivity index (χ2n) is 8.75. The van der Waals surface area contributed by atoms with Crippen LogP contribution in [0.1, 0.15) is 32.8 Å². The number of amides is 1. The van der Waals surface area contributed by atoms with Crippen LogP contribution in [-0.4, -0.2) is 57.4 Å². The molecule has 3 aromatic rings. The van der Waals surface area contributed by atoms with Crippen LogP contribution < -0.4 is 4.90 Å². The van der Waals surface area contributed by atoms with Gasteiger partial charge in [-0.05, 0) is 61.3 Å². The monoisotopic (exact) mass is 496 g/mol. The molecule has 1 fully saturated rings. The van der Waals surface area contributed by atoms with Crippen LogP contribution in [0.25, 0.3) is 16.6 Å². The average molecular weight is 497 g/mol. The summed E-state index contributed by atoms with van der Waals surface area (Å²) in [5.41, 5.74) is 2.57. The molecular formula is C23H25BrN6O2. The van der Waals surface area contributed by atoms with Crippen LogP contribution in [0.3, 0.4) is 0 Å². The fourth-order valence-corrected chi connectivity index (χ4v) is 4.20. The number of nitrogens with zero attached hydrogens (tertiary/aromatic N) is 6. The molecule has 0 aromatic carbocycles. The lowest BCUT2D eigenvalue weighted by Gasteiger charge is -2.26. The van der Waals surface area contributed by atoms with Crippen LogP contribution >= 0.6 is 15.9 Å². The number of hydrogen-bond donors (Lipinski definition) is 0. The van der Waals surface area contributed by atoms with Crippen LogP contribution in [0.2, 0.25) is 0 Å². The summed E-state index contributed by atoms with van der Waals surface area (Å²) in [7, 11) is 0. The minimum atomic E-state index is -0.501. The molecule has 32 heavy (non-hydrogen) atoms. The molecule has 166 valence electrons. The number of nitriles is 1. The van der Waals surface area contributed by atoms with E-state index in [1.54, 1.807) is 15.6 Å². The van der Waals surface area contributed by atoms with Crippen molar-refractivity contribution in [3.8, 4) is 17.2 Å². The molecule has 0 aliphatic carbocycles. The Morgan fingerprint density at radius 1 is 1.19 bits per heavy atom. The third-order valence-electron chi connectivity index (χ3n) is 5.23. The summed E-state index contributed by atoms with van der Waals surface area (Å²) in [6.45, 7) is 8.39. The van der Waals surface area contributed by atoms with Gasteiger partial charge in [0.2, 0.25) is 0 Å². The number of carbonyl (C=O) groups excluding carboxylic acids is 1. The first-order chi connectivity index (χ1) is 15.2. The van der Waals surface area contributed by atoms with Gasteiger partial charge in [-0.1, -0.05) is 0 Å². The van der Waals surface area contributed by atoms with Crippen LogP contribution in [0.4, 0.5) is 10.6 Å². The van der Waals surface area contributed by atoms with Crippen LogP contribution in [0, 0.1) is 11.3 Å². The highest BCUT2D eigenvalue weighted by atomic mass is 79.9. The summed E-state index contributed by atoms with van der Waals surface area (Å²) in [6, 6.07) is 8.17. The topological polar surface area (TPSA) is 86.8 Å². The van der Waals surface area contributed by atoms with Crippen molar-refractivity contribution in [1.82, 2.24) is 19.5 Å². The van der Waals surface area contributed by atoms with Crippen LogP contribution in [0.15, 0.2) is 41.3 Å². The molecule has 1 amide bonds. The van der Waals surface area contributed by atoms with Crippen LogP contribution in [0.5, 0.6) is 0 Å². The van der Waals surface area contributed by atoms with Crippen molar-refractivity contribution in [2.45, 2.75) is 32.8 Å². The largest absolute Gasteiger partial charge is 0.444 e. The van der Waals surface area contributed by atoms with E-state index in [2.05, 4.69) is 37.0 Å². The molecule has 1 saturated heterocycles. The minimum absolute atomic E-state index is 0.268. The van der Waals surface area contributed by atoms with Crippen molar-refractivity contribution < 1.29 is 9.53 Å². The number of anilines is 1. The van der Waals surface area contributed by atoms with E-state index >= 15 is 0 Å². The van der Waals surface area contributed by atoms with Gasteiger partial charge < -0.3 is 14.5 Å². The second kappa shape index (κ2) is 8.79. The lowest BCUT2D eigenvalue weighted by Crippen LogP contribution is -2.39. The Morgan fingerprint density at radius 2 is 2.00 bits per heavy atom. The molecular weight excluding hydrogens is 472 g/mol. The summed E-state index contributed by atoms with van der Waals surface area (Å²) < 4.78 is 8.08. The molecule has 3 aromatic heterocycles. The van der Waals surface area contributed by atoms with E-state index in [4.69, 9.17) is 4.74 Å². The Bertz CT molecular complexity index is 1180. The lowest BCUT2D eigenvalue weighted by atomic mass is 10.1. The number of ether oxygens (including phenoxy) is 1. The molecule has 1 aliphatic heterocycles. The van der Waals surface area contributed by atoms with Crippen molar-refractivity contribution >= 4 is 33.4 Å². The number of pyridine rings is 2. The lowest BCUT2D eigenvalue weighted by molar-refractivity contribution is 0.0263. The van der Waals surface area contributed by atoms with Crippen LogP contribution in [-0.2, 0) is 4.74 Å². The predicted octanol–water partition coefficient (Wildman–Crippen LogP) is 4.48. The van der Waals surface area contributed by atoms with Gasteiger partial charge in [-0.15, -0.1) is 0 Å². The molecule has 0 spiro atoms. The van der Waals surface area contributed by atoms with Gasteiger partial charge in [0, 0.05) is 54.2 Å². The zero-order chi connectivity index (χ0) is 22.9. The smallest absolute Gasteiger partial charge is 0.410 e. The number of carbonyl (C=O) groups is 1. The maximum atomic E-state index is 12.4. The quantitative estimate of drug-likeness (QED) is 0.519. The molecule has 8 nitrogen and oxygen atoms in total. The van der Waals surface area contributed by atoms with Crippen molar-refractivity contribution in [3.05, 3.63) is 46.8 Å². The van der Waals surface area contributed by atoms with E-state index in [-0.39, 0.29) is 6.09 Å². The fourth-order valence-electron chi connectivity index (χ4n) is 3.78. The van der Waals surface area contributed by atoms with E-state index in [0.29, 0.717) is 25.2 Å². The Labute approximate surface area is 195 Å². The third kappa shape index (κ3) is 4.70. The van der Waals surface area contributed by atoms with Gasteiger partial charge in [0.05, 0.1) is 17.3 Å². The summed E-state index contributed by atoms with van der Waals surface area (Å²) in [5.74, 6) is 0.861. The highest BCUT2D eigenvalue weighted by Crippen LogP contribution is 2.30. The van der Waals surface area contributed by atoms with Crippen molar-refractivity contribution in [1.29, 1.82) is 5.26 Å². The SMILES string of the molecule is CC(C)(C)OC(=O)N1CCCN(c2ccc(-c3cc(Br)cn4ncc(C#N)c34)cn2)CC1. The molecule has 4 rings (SSSR count). The highest BCUT2D eigenvalue weighted by molar-refractivity contribution is 9.10. The molecule has 0 atom stereocenters. The normalized spacial score (nSPS) is 14.8. The Morgan fingerprint density at radius 3 is 2.69 bits per heavy atom. The third-order valence-corrected chi connectivity index (χ3v) is 5.66. The first-order valence-corrected chi connectivity index (χ1v) is 11.3. The predicted molar refractivity (Wildman–Crippen MR) is 125 cm³/mol. The summed E-state index contributed by atoms with van der Waals surface area (Å²) in [6.07, 6.45) is 5.80. The first-order valence-electron chi connectivity index (χ1n) is 10.5.